The standard InChI is InChI=1S/C10H11ClN4O3S2/c1-6-8(16)12-2-3-15(6)20(17,18)9-7(11)13-10-14(9)4-5-19-10/h4-6H,2-3H2,1H3,(H,12,16). The summed E-state index contributed by atoms with van der Waals surface area (Å²) >= 11 is 7.26. The van der Waals surface area contributed by atoms with Gasteiger partial charge in [0, 0.05) is 24.7 Å². The number of thiazole rings is 1. The van der Waals surface area contributed by atoms with E-state index >= 15 is 0 Å². The molecule has 7 nitrogen and oxygen atoms in total. The van der Waals surface area contributed by atoms with Crippen LogP contribution in [0.3, 0.4) is 0 Å². The topological polar surface area (TPSA) is 83.8 Å². The van der Waals surface area contributed by atoms with E-state index in [0.29, 0.717) is 4.96 Å². The first-order valence-electron chi connectivity index (χ1n) is 5.83. The Bertz CT molecular complexity index is 782. The molecule has 0 saturated carbocycles. The lowest BCUT2D eigenvalue weighted by Gasteiger charge is -2.31. The number of sulfonamides is 1. The van der Waals surface area contributed by atoms with Gasteiger partial charge in [0.25, 0.3) is 10.0 Å². The van der Waals surface area contributed by atoms with Crippen molar-refractivity contribution < 1.29 is 13.2 Å². The number of fused-ring (bicyclic) bond motifs is 1. The molecular weight excluding hydrogens is 324 g/mol. The van der Waals surface area contributed by atoms with Crippen LogP contribution >= 0.6 is 22.9 Å². The molecule has 0 spiro atoms. The SMILES string of the molecule is CC1C(=O)NCCN1S(=O)(=O)c1c(Cl)nc2sccn12. The summed E-state index contributed by atoms with van der Waals surface area (Å²) in [5.74, 6) is -0.318. The van der Waals surface area contributed by atoms with Gasteiger partial charge >= 0.3 is 0 Å². The minimum Gasteiger partial charge on any atom is -0.353 e. The molecule has 1 aliphatic heterocycles. The lowest BCUT2D eigenvalue weighted by Crippen LogP contribution is -2.55. The zero-order chi connectivity index (χ0) is 14.5. The second kappa shape index (κ2) is 4.69. The van der Waals surface area contributed by atoms with Crippen LogP contribution in [0.5, 0.6) is 0 Å². The molecule has 108 valence electrons. The summed E-state index contributed by atoms with van der Waals surface area (Å²) in [6.07, 6.45) is 1.60. The Labute approximate surface area is 124 Å². The summed E-state index contributed by atoms with van der Waals surface area (Å²) in [7, 11) is -3.88. The third kappa shape index (κ3) is 1.93. The number of carbonyl (C=O) groups is 1. The summed E-state index contributed by atoms with van der Waals surface area (Å²) in [5, 5.41) is 4.19. The lowest BCUT2D eigenvalue weighted by molar-refractivity contribution is -0.126. The van der Waals surface area contributed by atoms with E-state index in [0.717, 1.165) is 4.31 Å². The maximum atomic E-state index is 12.7. The Morgan fingerprint density at radius 2 is 2.30 bits per heavy atom. The number of carbonyl (C=O) groups excluding carboxylic acids is 1. The van der Waals surface area contributed by atoms with Gasteiger partial charge < -0.3 is 5.32 Å². The predicted octanol–water partition coefficient (Wildman–Crippen LogP) is 0.558. The smallest absolute Gasteiger partial charge is 0.263 e. The second-order valence-electron chi connectivity index (χ2n) is 4.35. The summed E-state index contributed by atoms with van der Waals surface area (Å²) in [5.41, 5.74) is 0. The molecule has 0 aromatic carbocycles. The van der Waals surface area contributed by atoms with Crippen LogP contribution in [-0.4, -0.2) is 47.1 Å². The third-order valence-electron chi connectivity index (χ3n) is 3.17. The molecule has 0 bridgehead atoms. The van der Waals surface area contributed by atoms with E-state index in [4.69, 9.17) is 11.6 Å². The fourth-order valence-corrected chi connectivity index (χ4v) is 5.18. The van der Waals surface area contributed by atoms with E-state index in [-0.39, 0.29) is 29.2 Å². The molecule has 2 aromatic rings. The number of nitrogens with zero attached hydrogens (tertiary/aromatic N) is 3. The third-order valence-corrected chi connectivity index (χ3v) is 6.30. The molecule has 3 rings (SSSR count). The van der Waals surface area contributed by atoms with Gasteiger partial charge in [-0.3, -0.25) is 9.20 Å². The number of piperazine rings is 1. The van der Waals surface area contributed by atoms with Crippen molar-refractivity contribution in [1.29, 1.82) is 0 Å². The normalized spacial score (nSPS) is 21.3. The zero-order valence-corrected chi connectivity index (χ0v) is 12.8. The van der Waals surface area contributed by atoms with Crippen molar-refractivity contribution in [2.24, 2.45) is 0 Å². The van der Waals surface area contributed by atoms with Crippen molar-refractivity contribution in [3.05, 3.63) is 16.7 Å². The van der Waals surface area contributed by atoms with Crippen molar-refractivity contribution in [3.63, 3.8) is 0 Å². The van der Waals surface area contributed by atoms with Crippen molar-refractivity contribution in [1.82, 2.24) is 19.0 Å². The van der Waals surface area contributed by atoms with Gasteiger partial charge in [0.2, 0.25) is 5.91 Å². The fraction of sp³-hybridized carbons (Fsp3) is 0.400. The number of hydrogen-bond acceptors (Lipinski definition) is 5. The molecule has 0 aliphatic carbocycles. The van der Waals surface area contributed by atoms with Crippen molar-refractivity contribution in [2.45, 2.75) is 18.0 Å². The summed E-state index contributed by atoms with van der Waals surface area (Å²) in [4.78, 5) is 16.2. The number of rotatable bonds is 2. The van der Waals surface area contributed by atoms with E-state index in [1.807, 2.05) is 0 Å². The molecule has 1 N–H and O–H groups in total. The first-order chi connectivity index (χ1) is 9.43. The maximum Gasteiger partial charge on any atom is 0.263 e. The van der Waals surface area contributed by atoms with Crippen LogP contribution in [0.4, 0.5) is 0 Å². The van der Waals surface area contributed by atoms with Crippen LogP contribution in [0.25, 0.3) is 4.96 Å². The number of nitrogens with one attached hydrogen (secondary N) is 1. The molecular formula is C10H11ClN4O3S2. The van der Waals surface area contributed by atoms with Crippen LogP contribution in [0, 0.1) is 0 Å². The molecule has 10 heteroatoms. The maximum absolute atomic E-state index is 12.7. The molecule has 20 heavy (non-hydrogen) atoms. The van der Waals surface area contributed by atoms with Gasteiger partial charge in [-0.1, -0.05) is 11.6 Å². The van der Waals surface area contributed by atoms with Gasteiger partial charge in [0.05, 0.1) is 0 Å². The Balaban J connectivity index is 2.14. The highest BCUT2D eigenvalue weighted by molar-refractivity contribution is 7.89. The molecule has 0 radical (unpaired) electrons. The van der Waals surface area contributed by atoms with Gasteiger partial charge in [-0.15, -0.1) is 11.3 Å². The van der Waals surface area contributed by atoms with Crippen LogP contribution in [0.15, 0.2) is 16.6 Å². The van der Waals surface area contributed by atoms with Crippen molar-refractivity contribution in [2.75, 3.05) is 13.1 Å². The van der Waals surface area contributed by atoms with E-state index in [1.165, 1.54) is 15.7 Å². The molecule has 1 unspecified atom stereocenters. The Morgan fingerprint density at radius 3 is 3.05 bits per heavy atom. The number of amides is 1. The predicted molar refractivity (Wildman–Crippen MR) is 74.4 cm³/mol. The van der Waals surface area contributed by atoms with Crippen LogP contribution in [-0.2, 0) is 14.8 Å². The molecule has 1 amide bonds. The van der Waals surface area contributed by atoms with Crippen molar-refractivity contribution >= 4 is 43.8 Å². The molecule has 1 atom stereocenters. The van der Waals surface area contributed by atoms with Crippen LogP contribution < -0.4 is 5.32 Å². The minimum atomic E-state index is -3.88. The summed E-state index contributed by atoms with van der Waals surface area (Å²) < 4.78 is 28.1. The molecule has 2 aromatic heterocycles. The molecule has 3 heterocycles. The van der Waals surface area contributed by atoms with Gasteiger partial charge in [0.15, 0.2) is 15.1 Å². The van der Waals surface area contributed by atoms with Crippen LogP contribution in [0.2, 0.25) is 5.15 Å². The molecule has 1 saturated heterocycles. The quantitative estimate of drug-likeness (QED) is 0.869. The summed E-state index contributed by atoms with van der Waals surface area (Å²) in [6, 6.07) is -0.769. The van der Waals surface area contributed by atoms with Crippen molar-refractivity contribution in [3.8, 4) is 0 Å². The van der Waals surface area contributed by atoms with E-state index in [9.17, 15) is 13.2 Å². The second-order valence-corrected chi connectivity index (χ2v) is 7.38. The first kappa shape index (κ1) is 13.8. The molecule has 1 aliphatic rings. The Kier molecular flexibility index (Phi) is 3.24. The average molecular weight is 335 g/mol. The zero-order valence-electron chi connectivity index (χ0n) is 10.4. The number of imidazole rings is 1. The van der Waals surface area contributed by atoms with Gasteiger partial charge in [-0.2, -0.15) is 4.31 Å². The van der Waals surface area contributed by atoms with E-state index < -0.39 is 16.1 Å². The van der Waals surface area contributed by atoms with Gasteiger partial charge in [-0.25, -0.2) is 13.4 Å². The average Bonchev–Trinajstić information content (AvgIpc) is 2.91. The highest BCUT2D eigenvalue weighted by atomic mass is 35.5. The number of aromatic nitrogens is 2. The van der Waals surface area contributed by atoms with Crippen LogP contribution in [0.1, 0.15) is 6.92 Å². The Hall–Kier alpha value is -1.16. The highest BCUT2D eigenvalue weighted by Crippen LogP contribution is 2.29. The minimum absolute atomic E-state index is 0.0740. The van der Waals surface area contributed by atoms with E-state index in [1.54, 1.807) is 18.5 Å². The lowest BCUT2D eigenvalue weighted by atomic mass is 10.2. The first-order valence-corrected chi connectivity index (χ1v) is 8.53. The number of halogens is 1. The monoisotopic (exact) mass is 334 g/mol. The largest absolute Gasteiger partial charge is 0.353 e. The van der Waals surface area contributed by atoms with Gasteiger partial charge in [-0.05, 0) is 6.92 Å². The fourth-order valence-electron chi connectivity index (χ4n) is 2.17. The molecule has 1 fully saturated rings. The van der Waals surface area contributed by atoms with Gasteiger partial charge in [0.1, 0.15) is 6.04 Å². The highest BCUT2D eigenvalue weighted by Gasteiger charge is 2.38. The Morgan fingerprint density at radius 1 is 1.55 bits per heavy atom. The summed E-state index contributed by atoms with van der Waals surface area (Å²) in [6.45, 7) is 2.04. The number of hydrogen-bond donors (Lipinski definition) is 1. The van der Waals surface area contributed by atoms with E-state index in [2.05, 4.69) is 10.3 Å².